The Bertz CT molecular complexity index is 124. The zero-order valence-electron chi connectivity index (χ0n) is 7.39. The third-order valence-corrected chi connectivity index (χ3v) is 4.10. The van der Waals surface area contributed by atoms with E-state index in [1.54, 1.807) is 7.11 Å². The van der Waals surface area contributed by atoms with E-state index >= 15 is 0 Å². The van der Waals surface area contributed by atoms with Crippen LogP contribution in [-0.2, 0) is 4.43 Å². The second-order valence-electron chi connectivity index (χ2n) is 3.44. The molecule has 3 N–H and O–H groups in total. The van der Waals surface area contributed by atoms with Crippen molar-refractivity contribution in [1.29, 1.82) is 0 Å². The van der Waals surface area contributed by atoms with Crippen molar-refractivity contribution in [2.24, 2.45) is 5.40 Å². The van der Waals surface area contributed by atoms with Gasteiger partial charge in [0.25, 0.3) is 0 Å². The van der Waals surface area contributed by atoms with Gasteiger partial charge in [0, 0.05) is 13.2 Å². The first-order valence-corrected chi connectivity index (χ1v) is 6.74. The molecular formula is C7H18N2OSi. The van der Waals surface area contributed by atoms with Crippen LogP contribution in [0.5, 0.6) is 0 Å². The Morgan fingerprint density at radius 2 is 2.00 bits per heavy atom. The van der Waals surface area contributed by atoms with Gasteiger partial charge in [0.1, 0.15) is 0 Å². The van der Waals surface area contributed by atoms with Gasteiger partial charge < -0.3 is 14.8 Å². The van der Waals surface area contributed by atoms with Gasteiger partial charge in [0.15, 0.2) is 0 Å². The molecule has 0 radical (unpaired) electrons. The lowest BCUT2D eigenvalue weighted by Crippen LogP contribution is -2.61. The van der Waals surface area contributed by atoms with Gasteiger partial charge in [-0.05, 0) is 19.4 Å². The van der Waals surface area contributed by atoms with Crippen LogP contribution < -0.4 is 10.4 Å². The van der Waals surface area contributed by atoms with Crippen LogP contribution in [0.2, 0.25) is 6.55 Å². The molecule has 0 aromatic carbocycles. The lowest BCUT2D eigenvalue weighted by molar-refractivity contribution is 0.374. The average Bonchev–Trinajstić information content (AvgIpc) is 2.39. The number of rotatable bonds is 3. The molecule has 0 heterocycles. The minimum absolute atomic E-state index is 0.622. The first kappa shape index (κ1) is 9.19. The van der Waals surface area contributed by atoms with E-state index in [1.807, 2.05) is 6.55 Å². The maximum atomic E-state index is 5.90. The molecule has 11 heavy (non-hydrogen) atoms. The molecule has 3 nitrogen and oxygen atoms in total. The highest BCUT2D eigenvalue weighted by molar-refractivity contribution is 6.66. The molecule has 1 rings (SSSR count). The van der Waals surface area contributed by atoms with Gasteiger partial charge in [-0.2, -0.15) is 0 Å². The molecule has 1 aliphatic carbocycles. The van der Waals surface area contributed by atoms with Gasteiger partial charge >= 0.3 is 8.64 Å². The highest BCUT2D eigenvalue weighted by Crippen LogP contribution is 2.18. The summed E-state index contributed by atoms with van der Waals surface area (Å²) in [7, 11) is -0.304. The van der Waals surface area contributed by atoms with Gasteiger partial charge in [0.2, 0.25) is 0 Å². The van der Waals surface area contributed by atoms with Gasteiger partial charge in [-0.3, -0.25) is 0 Å². The van der Waals surface area contributed by atoms with Gasteiger partial charge in [-0.1, -0.05) is 12.8 Å². The molecule has 4 heteroatoms. The molecule has 1 aliphatic rings. The van der Waals surface area contributed by atoms with Crippen LogP contribution in [0.4, 0.5) is 0 Å². The molecule has 0 saturated heterocycles. The molecule has 0 bridgehead atoms. The summed E-state index contributed by atoms with van der Waals surface area (Å²) in [6.07, 6.45) is 5.21. The lowest BCUT2D eigenvalue weighted by Gasteiger charge is -2.24. The third-order valence-electron chi connectivity index (χ3n) is 2.27. The predicted molar refractivity (Wildman–Crippen MR) is 48.2 cm³/mol. The minimum atomic E-state index is -1.99. The number of hydrogen-bond acceptors (Lipinski definition) is 3. The monoisotopic (exact) mass is 174 g/mol. The Balaban J connectivity index is 2.28. The highest BCUT2D eigenvalue weighted by Gasteiger charge is 2.27. The van der Waals surface area contributed by atoms with Crippen molar-refractivity contribution in [2.45, 2.75) is 38.3 Å². The zero-order chi connectivity index (χ0) is 8.32. The number of nitrogens with one attached hydrogen (secondary N) is 1. The Labute approximate surface area is 69.6 Å². The van der Waals surface area contributed by atoms with Crippen LogP contribution in [0.15, 0.2) is 0 Å². The fourth-order valence-corrected chi connectivity index (χ4v) is 2.75. The molecule has 1 atom stereocenters. The maximum absolute atomic E-state index is 5.90. The van der Waals surface area contributed by atoms with E-state index in [4.69, 9.17) is 9.83 Å². The van der Waals surface area contributed by atoms with E-state index in [0.717, 1.165) is 0 Å². The summed E-state index contributed by atoms with van der Waals surface area (Å²) >= 11 is 0. The van der Waals surface area contributed by atoms with E-state index < -0.39 is 8.64 Å². The lowest BCUT2D eigenvalue weighted by atomic mass is 10.3. The topological polar surface area (TPSA) is 47.3 Å². The van der Waals surface area contributed by atoms with E-state index in [2.05, 4.69) is 4.98 Å². The van der Waals surface area contributed by atoms with Crippen molar-refractivity contribution in [3.8, 4) is 0 Å². The van der Waals surface area contributed by atoms with Crippen LogP contribution in [-0.4, -0.2) is 21.8 Å². The summed E-state index contributed by atoms with van der Waals surface area (Å²) in [6.45, 7) is 1.99. The minimum Gasteiger partial charge on any atom is -0.395 e. The molecule has 1 saturated carbocycles. The largest absolute Gasteiger partial charge is 0.395 e. The summed E-state index contributed by atoms with van der Waals surface area (Å²) in [5.41, 5.74) is 0. The number of nitrogens with two attached hydrogens (primary N) is 1. The summed E-state index contributed by atoms with van der Waals surface area (Å²) in [5, 5.41) is 5.90. The van der Waals surface area contributed by atoms with E-state index in [1.165, 1.54) is 25.7 Å². The van der Waals surface area contributed by atoms with Crippen molar-refractivity contribution >= 4 is 8.64 Å². The molecule has 0 spiro atoms. The summed E-state index contributed by atoms with van der Waals surface area (Å²) in [5.74, 6) is 0. The third kappa shape index (κ3) is 2.90. The quantitative estimate of drug-likeness (QED) is 0.619. The molecule has 0 aliphatic heterocycles. The van der Waals surface area contributed by atoms with Crippen molar-refractivity contribution in [2.75, 3.05) is 7.11 Å². The van der Waals surface area contributed by atoms with E-state index in [0.29, 0.717) is 6.04 Å². The average molecular weight is 174 g/mol. The fourth-order valence-electron chi connectivity index (χ4n) is 1.53. The SMILES string of the molecule is CO[Si](C)(N)NC1CCCC1. The second kappa shape index (κ2) is 3.67. The molecule has 0 aromatic heterocycles. The summed E-state index contributed by atoms with van der Waals surface area (Å²) < 4.78 is 5.21. The summed E-state index contributed by atoms with van der Waals surface area (Å²) in [4.78, 5) is 3.40. The van der Waals surface area contributed by atoms with Gasteiger partial charge in [-0.25, -0.2) is 0 Å². The fraction of sp³-hybridized carbons (Fsp3) is 1.00. The first-order valence-electron chi connectivity index (χ1n) is 4.26. The predicted octanol–water partition coefficient (Wildman–Crippen LogP) is 0.692. The van der Waals surface area contributed by atoms with Crippen LogP contribution >= 0.6 is 0 Å². The zero-order valence-corrected chi connectivity index (χ0v) is 8.39. The Hall–Kier alpha value is 0.0969. The molecular weight excluding hydrogens is 156 g/mol. The van der Waals surface area contributed by atoms with Gasteiger partial charge in [-0.15, -0.1) is 0 Å². The van der Waals surface area contributed by atoms with Crippen LogP contribution in [0.3, 0.4) is 0 Å². The summed E-state index contributed by atoms with van der Waals surface area (Å²) in [6, 6.07) is 0.622. The Morgan fingerprint density at radius 3 is 2.45 bits per heavy atom. The van der Waals surface area contributed by atoms with Crippen molar-refractivity contribution in [3.05, 3.63) is 0 Å². The molecule has 1 unspecified atom stereocenters. The Kier molecular flexibility index (Phi) is 3.06. The normalized spacial score (nSPS) is 25.4. The second-order valence-corrected chi connectivity index (χ2v) is 6.35. The van der Waals surface area contributed by atoms with Crippen LogP contribution in [0.1, 0.15) is 25.7 Å². The van der Waals surface area contributed by atoms with Crippen molar-refractivity contribution < 1.29 is 4.43 Å². The smallest absolute Gasteiger partial charge is 0.345 e. The highest BCUT2D eigenvalue weighted by atomic mass is 28.4. The van der Waals surface area contributed by atoms with E-state index in [9.17, 15) is 0 Å². The molecule has 0 aromatic rings. The Morgan fingerprint density at radius 1 is 1.45 bits per heavy atom. The van der Waals surface area contributed by atoms with Crippen LogP contribution in [0.25, 0.3) is 0 Å². The molecule has 1 fully saturated rings. The van der Waals surface area contributed by atoms with Crippen LogP contribution in [0, 0.1) is 0 Å². The molecule has 0 amide bonds. The molecule has 66 valence electrons. The number of hydrogen-bond donors (Lipinski definition) is 2. The van der Waals surface area contributed by atoms with E-state index in [-0.39, 0.29) is 0 Å². The maximum Gasteiger partial charge on any atom is 0.345 e. The first-order chi connectivity index (χ1) is 5.14. The standard InChI is InChI=1S/C7H18N2OSi/c1-10-11(2,8)9-7-5-3-4-6-7/h7,9H,3-6,8H2,1-2H3. The van der Waals surface area contributed by atoms with Crippen molar-refractivity contribution in [3.63, 3.8) is 0 Å². The van der Waals surface area contributed by atoms with Gasteiger partial charge in [0.05, 0.1) is 0 Å². The van der Waals surface area contributed by atoms with Crippen molar-refractivity contribution in [1.82, 2.24) is 4.98 Å².